The summed E-state index contributed by atoms with van der Waals surface area (Å²) in [4.78, 5) is 4.93. The molecule has 1 aromatic rings. The lowest BCUT2D eigenvalue weighted by Crippen LogP contribution is -2.48. The molecule has 0 bridgehead atoms. The van der Waals surface area contributed by atoms with Crippen LogP contribution in [0.15, 0.2) is 28.7 Å². The minimum Gasteiger partial charge on any atom is -0.375 e. The third-order valence-corrected chi connectivity index (χ3v) is 4.45. The van der Waals surface area contributed by atoms with Crippen molar-refractivity contribution in [2.45, 2.75) is 19.4 Å². The Morgan fingerprint density at radius 1 is 1.26 bits per heavy atom. The quantitative estimate of drug-likeness (QED) is 0.897. The largest absolute Gasteiger partial charge is 0.375 e. The molecular formula is C15H24BrN3. The summed E-state index contributed by atoms with van der Waals surface area (Å²) < 4.78 is 1.14. The van der Waals surface area contributed by atoms with E-state index in [1.807, 2.05) is 0 Å². The number of piperazine rings is 1. The Kier molecular flexibility index (Phi) is 5.67. The van der Waals surface area contributed by atoms with Crippen LogP contribution in [0.1, 0.15) is 13.3 Å². The maximum atomic E-state index is 3.48. The van der Waals surface area contributed by atoms with Crippen LogP contribution in [0, 0.1) is 0 Å². The molecule has 1 atom stereocenters. The maximum Gasteiger partial charge on any atom is 0.0364 e. The number of hydrogen-bond acceptors (Lipinski definition) is 3. The summed E-state index contributed by atoms with van der Waals surface area (Å²) in [6.07, 6.45) is 1.21. The third-order valence-electron chi connectivity index (χ3n) is 3.92. The van der Waals surface area contributed by atoms with Gasteiger partial charge in [0.05, 0.1) is 0 Å². The molecule has 1 unspecified atom stereocenters. The zero-order chi connectivity index (χ0) is 13.7. The average Bonchev–Trinajstić information content (AvgIpc) is 2.46. The highest BCUT2D eigenvalue weighted by atomic mass is 79.9. The molecule has 1 aliphatic rings. The fourth-order valence-electron chi connectivity index (χ4n) is 2.51. The zero-order valence-corrected chi connectivity index (χ0v) is 13.5. The van der Waals surface area contributed by atoms with Gasteiger partial charge in [-0.15, -0.1) is 0 Å². The Balaban J connectivity index is 1.79. The summed E-state index contributed by atoms with van der Waals surface area (Å²) in [5.41, 5.74) is 1.29. The van der Waals surface area contributed by atoms with E-state index in [1.54, 1.807) is 0 Å². The van der Waals surface area contributed by atoms with Crippen LogP contribution in [0.25, 0.3) is 0 Å². The third kappa shape index (κ3) is 4.48. The first-order valence-corrected chi connectivity index (χ1v) is 7.87. The molecule has 1 saturated heterocycles. The summed E-state index contributed by atoms with van der Waals surface area (Å²) in [5.74, 6) is 0. The molecule has 1 fully saturated rings. The number of nitrogens with zero attached hydrogens (tertiary/aromatic N) is 2. The van der Waals surface area contributed by atoms with Gasteiger partial charge >= 0.3 is 0 Å². The molecule has 1 heterocycles. The van der Waals surface area contributed by atoms with Crippen molar-refractivity contribution in [3.05, 3.63) is 28.7 Å². The monoisotopic (exact) mass is 325 g/mol. The van der Waals surface area contributed by atoms with Crippen LogP contribution in [0.4, 0.5) is 5.69 Å². The summed E-state index contributed by atoms with van der Waals surface area (Å²) in [6.45, 7) is 8.08. The summed E-state index contributed by atoms with van der Waals surface area (Å²) in [7, 11) is 2.17. The lowest BCUT2D eigenvalue weighted by atomic mass is 10.1. The minimum atomic E-state index is 0.667. The van der Waals surface area contributed by atoms with Gasteiger partial charge in [0, 0.05) is 56.0 Å². The van der Waals surface area contributed by atoms with Gasteiger partial charge in [0.15, 0.2) is 0 Å². The van der Waals surface area contributed by atoms with Crippen molar-refractivity contribution in [3.8, 4) is 0 Å². The molecule has 0 aliphatic carbocycles. The van der Waals surface area contributed by atoms with Gasteiger partial charge in [-0.1, -0.05) is 15.9 Å². The van der Waals surface area contributed by atoms with Crippen LogP contribution < -0.4 is 10.2 Å². The van der Waals surface area contributed by atoms with Gasteiger partial charge in [-0.25, -0.2) is 0 Å². The summed E-state index contributed by atoms with van der Waals surface area (Å²) in [5, 5.41) is 3.41. The number of nitrogens with one attached hydrogen (secondary N) is 1. The molecule has 106 valence electrons. The molecule has 4 heteroatoms. The number of benzene rings is 1. The Labute approximate surface area is 125 Å². The lowest BCUT2D eigenvalue weighted by molar-refractivity contribution is 0.178. The predicted octanol–water partition coefficient (Wildman–Crippen LogP) is 2.57. The molecule has 0 radical (unpaired) electrons. The van der Waals surface area contributed by atoms with Crippen LogP contribution in [0.5, 0.6) is 0 Å². The fourth-order valence-corrected chi connectivity index (χ4v) is 2.77. The lowest BCUT2D eigenvalue weighted by Gasteiger charge is -2.34. The number of hydrogen-bond donors (Lipinski definition) is 1. The van der Waals surface area contributed by atoms with Gasteiger partial charge in [-0.05, 0) is 37.6 Å². The fraction of sp³-hybridized carbons (Fsp3) is 0.600. The van der Waals surface area contributed by atoms with Gasteiger partial charge in [0.1, 0.15) is 0 Å². The molecule has 0 spiro atoms. The van der Waals surface area contributed by atoms with E-state index in [1.165, 1.54) is 25.2 Å². The SMILES string of the molecule is CC(CCN(C)c1ccc(Br)cc1)N1CCNCC1. The molecule has 0 amide bonds. The Bertz CT molecular complexity index is 373. The van der Waals surface area contributed by atoms with Crippen LogP contribution in [-0.4, -0.2) is 50.7 Å². The average molecular weight is 326 g/mol. The smallest absolute Gasteiger partial charge is 0.0364 e. The van der Waals surface area contributed by atoms with Gasteiger partial charge in [-0.2, -0.15) is 0 Å². The van der Waals surface area contributed by atoms with Crippen LogP contribution in [0.2, 0.25) is 0 Å². The van der Waals surface area contributed by atoms with E-state index in [4.69, 9.17) is 0 Å². The second-order valence-corrected chi connectivity index (χ2v) is 6.24. The molecule has 0 aromatic heterocycles. The Morgan fingerprint density at radius 3 is 2.53 bits per heavy atom. The van der Waals surface area contributed by atoms with Crippen molar-refractivity contribution in [1.82, 2.24) is 10.2 Å². The van der Waals surface area contributed by atoms with Crippen molar-refractivity contribution in [3.63, 3.8) is 0 Å². The van der Waals surface area contributed by atoms with Crippen molar-refractivity contribution >= 4 is 21.6 Å². The highest BCUT2D eigenvalue weighted by Gasteiger charge is 2.16. The molecule has 1 N–H and O–H groups in total. The Morgan fingerprint density at radius 2 is 1.89 bits per heavy atom. The van der Waals surface area contributed by atoms with Crippen LogP contribution in [-0.2, 0) is 0 Å². The van der Waals surface area contributed by atoms with Gasteiger partial charge in [0.25, 0.3) is 0 Å². The highest BCUT2D eigenvalue weighted by molar-refractivity contribution is 9.10. The second-order valence-electron chi connectivity index (χ2n) is 5.32. The highest BCUT2D eigenvalue weighted by Crippen LogP contribution is 2.18. The first-order chi connectivity index (χ1) is 9.16. The molecule has 1 aromatic carbocycles. The van der Waals surface area contributed by atoms with Crippen LogP contribution >= 0.6 is 15.9 Å². The maximum absolute atomic E-state index is 3.48. The van der Waals surface area contributed by atoms with Gasteiger partial charge in [0.2, 0.25) is 0 Å². The Hall–Kier alpha value is -0.580. The topological polar surface area (TPSA) is 18.5 Å². The van der Waals surface area contributed by atoms with Crippen molar-refractivity contribution in [1.29, 1.82) is 0 Å². The van der Waals surface area contributed by atoms with E-state index >= 15 is 0 Å². The van der Waals surface area contributed by atoms with E-state index in [0.717, 1.165) is 24.1 Å². The van der Waals surface area contributed by atoms with Crippen molar-refractivity contribution < 1.29 is 0 Å². The first kappa shape index (κ1) is 14.8. The van der Waals surface area contributed by atoms with Gasteiger partial charge in [-0.3, -0.25) is 4.90 Å². The van der Waals surface area contributed by atoms with Crippen molar-refractivity contribution in [2.24, 2.45) is 0 Å². The van der Waals surface area contributed by atoms with E-state index in [2.05, 4.69) is 69.3 Å². The van der Waals surface area contributed by atoms with E-state index in [0.29, 0.717) is 6.04 Å². The predicted molar refractivity (Wildman–Crippen MR) is 85.9 cm³/mol. The standard InChI is InChI=1S/C15H24BrN3/c1-13(19-11-8-17-9-12-19)7-10-18(2)15-5-3-14(16)4-6-15/h3-6,13,17H,7-12H2,1-2H3. The summed E-state index contributed by atoms with van der Waals surface area (Å²) >= 11 is 3.48. The normalized spacial score (nSPS) is 18.3. The first-order valence-electron chi connectivity index (χ1n) is 7.08. The van der Waals surface area contributed by atoms with E-state index in [-0.39, 0.29) is 0 Å². The van der Waals surface area contributed by atoms with Gasteiger partial charge < -0.3 is 10.2 Å². The molecule has 1 aliphatic heterocycles. The van der Waals surface area contributed by atoms with E-state index in [9.17, 15) is 0 Å². The van der Waals surface area contributed by atoms with Crippen LogP contribution in [0.3, 0.4) is 0 Å². The zero-order valence-electron chi connectivity index (χ0n) is 11.9. The molecule has 0 saturated carbocycles. The summed E-state index contributed by atoms with van der Waals surface area (Å²) in [6, 6.07) is 9.20. The second kappa shape index (κ2) is 7.27. The molecule has 19 heavy (non-hydrogen) atoms. The number of rotatable bonds is 5. The number of anilines is 1. The minimum absolute atomic E-state index is 0.667. The molecule has 3 nitrogen and oxygen atoms in total. The molecular weight excluding hydrogens is 302 g/mol. The van der Waals surface area contributed by atoms with E-state index < -0.39 is 0 Å². The molecule has 2 rings (SSSR count). The van der Waals surface area contributed by atoms with Crippen molar-refractivity contribution in [2.75, 3.05) is 44.7 Å². The number of halogens is 1.